The summed E-state index contributed by atoms with van der Waals surface area (Å²) in [6.45, 7) is -0.0762. The summed E-state index contributed by atoms with van der Waals surface area (Å²) in [5, 5.41) is 2.83. The molecule has 1 saturated heterocycles. The number of halogens is 4. The molecule has 0 bridgehead atoms. The van der Waals surface area contributed by atoms with Crippen molar-refractivity contribution in [2.24, 2.45) is 7.05 Å². The van der Waals surface area contributed by atoms with Crippen LogP contribution in [-0.4, -0.2) is 78.1 Å². The molecular formula is C19H24F4N4O5S. The number of carbonyl (C=O) groups excluding carboxylic acids is 1. The Hall–Kier alpha value is -2.48. The Morgan fingerprint density at radius 2 is 1.85 bits per heavy atom. The molecule has 0 saturated carbocycles. The Kier molecular flexibility index (Phi) is 7.46. The maximum atomic E-state index is 13.0. The normalized spacial score (nSPS) is 18.5. The fourth-order valence-corrected chi connectivity index (χ4v) is 5.06. The van der Waals surface area contributed by atoms with Crippen LogP contribution in [-0.2, 0) is 21.6 Å². The highest BCUT2D eigenvalue weighted by Gasteiger charge is 2.35. The molecule has 1 aliphatic rings. The van der Waals surface area contributed by atoms with Crippen LogP contribution in [0.15, 0.2) is 12.1 Å². The van der Waals surface area contributed by atoms with Gasteiger partial charge >= 0.3 is 0 Å². The molecule has 1 amide bonds. The molecule has 14 heteroatoms. The van der Waals surface area contributed by atoms with Crippen LogP contribution in [0.25, 0.3) is 11.2 Å². The molecule has 2 aromatic heterocycles. The molecule has 0 aromatic carbocycles. The van der Waals surface area contributed by atoms with Crippen LogP contribution in [0.5, 0.6) is 5.88 Å². The number of rotatable bonds is 9. The second-order valence-corrected chi connectivity index (χ2v) is 10.4. The Balaban J connectivity index is 1.71. The van der Waals surface area contributed by atoms with Crippen LogP contribution >= 0.6 is 0 Å². The zero-order valence-electron chi connectivity index (χ0n) is 17.9. The quantitative estimate of drug-likeness (QED) is 0.528. The first kappa shape index (κ1) is 25.1. The monoisotopic (exact) mass is 496 g/mol. The SMILES string of the molecule is Cn1c(C(=O)NC2(C)CCS(=O)(=O)CC2)nc2ccc(OC[C@@H](OCC(F)F)C(F)F)nc21. The standard InChI is InChI=1S/C19H24F4N4O5S/c1-19(5-7-33(29,30)8-6-19)26-18(28)17-24-11-3-4-14(25-16(11)27(17)2)32-9-12(15(22)23)31-10-13(20)21/h3-4,12-13,15H,5-10H2,1-2H3,(H,26,28)/t12-/m1/s1. The second-order valence-electron chi connectivity index (χ2n) is 8.06. The van der Waals surface area contributed by atoms with Gasteiger partial charge in [-0.2, -0.15) is 4.98 Å². The summed E-state index contributed by atoms with van der Waals surface area (Å²) in [4.78, 5) is 21.2. The number of nitrogens with one attached hydrogen (secondary N) is 1. The zero-order chi connectivity index (χ0) is 24.4. The first-order chi connectivity index (χ1) is 15.4. The summed E-state index contributed by atoms with van der Waals surface area (Å²) in [6.07, 6.45) is -7.22. The number of amides is 1. The second kappa shape index (κ2) is 9.79. The third-order valence-corrected chi connectivity index (χ3v) is 7.00. The Morgan fingerprint density at radius 1 is 1.18 bits per heavy atom. The Morgan fingerprint density at radius 3 is 2.45 bits per heavy atom. The smallest absolute Gasteiger partial charge is 0.287 e. The van der Waals surface area contributed by atoms with Gasteiger partial charge in [0.25, 0.3) is 18.8 Å². The fourth-order valence-electron chi connectivity index (χ4n) is 3.33. The number of aromatic nitrogens is 3. The third-order valence-electron chi connectivity index (χ3n) is 5.35. The van der Waals surface area contributed by atoms with Crippen molar-refractivity contribution < 1.29 is 40.2 Å². The van der Waals surface area contributed by atoms with Gasteiger partial charge in [0.1, 0.15) is 28.6 Å². The van der Waals surface area contributed by atoms with E-state index in [1.807, 2.05) is 0 Å². The molecule has 9 nitrogen and oxygen atoms in total. The number of nitrogens with zero attached hydrogens (tertiary/aromatic N) is 3. The van der Waals surface area contributed by atoms with Gasteiger partial charge in [-0.1, -0.05) is 0 Å². The van der Waals surface area contributed by atoms with Gasteiger partial charge in [0.05, 0.1) is 11.5 Å². The van der Waals surface area contributed by atoms with E-state index in [4.69, 9.17) is 4.74 Å². The van der Waals surface area contributed by atoms with Crippen LogP contribution < -0.4 is 10.1 Å². The van der Waals surface area contributed by atoms with Gasteiger partial charge in [-0.3, -0.25) is 4.79 Å². The number of fused-ring (bicyclic) bond motifs is 1. The van der Waals surface area contributed by atoms with Gasteiger partial charge in [0.2, 0.25) is 11.7 Å². The van der Waals surface area contributed by atoms with E-state index in [9.17, 15) is 30.8 Å². The molecular weight excluding hydrogens is 472 g/mol. The van der Waals surface area contributed by atoms with Crippen molar-refractivity contribution in [1.82, 2.24) is 19.9 Å². The lowest BCUT2D eigenvalue weighted by molar-refractivity contribution is -0.102. The van der Waals surface area contributed by atoms with E-state index in [1.54, 1.807) is 6.92 Å². The molecule has 1 atom stereocenters. The lowest BCUT2D eigenvalue weighted by Gasteiger charge is -2.34. The maximum Gasteiger partial charge on any atom is 0.287 e. The number of carbonyl (C=O) groups is 1. The van der Waals surface area contributed by atoms with E-state index in [-0.39, 0.29) is 41.7 Å². The van der Waals surface area contributed by atoms with E-state index in [2.05, 4.69) is 20.0 Å². The number of aryl methyl sites for hydroxylation is 1. The van der Waals surface area contributed by atoms with Gasteiger partial charge in [-0.05, 0) is 25.8 Å². The van der Waals surface area contributed by atoms with E-state index in [1.165, 1.54) is 23.7 Å². The summed E-state index contributed by atoms with van der Waals surface area (Å²) in [5.74, 6) is -0.606. The number of sulfone groups is 1. The first-order valence-corrected chi connectivity index (χ1v) is 11.9. The lowest BCUT2D eigenvalue weighted by Crippen LogP contribution is -2.51. The molecule has 1 aliphatic heterocycles. The van der Waals surface area contributed by atoms with Crippen molar-refractivity contribution in [3.63, 3.8) is 0 Å². The number of alkyl halides is 4. The number of ether oxygens (including phenoxy) is 2. The molecule has 3 heterocycles. The van der Waals surface area contributed by atoms with Crippen LogP contribution in [0.3, 0.4) is 0 Å². The van der Waals surface area contributed by atoms with Crippen LogP contribution in [0, 0.1) is 0 Å². The van der Waals surface area contributed by atoms with Crippen molar-refractivity contribution in [2.45, 2.75) is 44.3 Å². The van der Waals surface area contributed by atoms with Gasteiger partial charge in [0, 0.05) is 18.7 Å². The molecule has 0 radical (unpaired) electrons. The number of pyridine rings is 1. The molecule has 33 heavy (non-hydrogen) atoms. The van der Waals surface area contributed by atoms with Crippen molar-refractivity contribution >= 4 is 26.9 Å². The minimum Gasteiger partial charge on any atom is -0.475 e. The molecule has 1 fully saturated rings. The molecule has 0 aliphatic carbocycles. The average Bonchev–Trinajstić information content (AvgIpc) is 3.06. The van der Waals surface area contributed by atoms with Gasteiger partial charge < -0.3 is 19.4 Å². The number of hydrogen-bond acceptors (Lipinski definition) is 7. The first-order valence-electron chi connectivity index (χ1n) is 10.1. The van der Waals surface area contributed by atoms with E-state index in [0.29, 0.717) is 5.52 Å². The molecule has 1 N–H and O–H groups in total. The lowest BCUT2D eigenvalue weighted by atomic mass is 9.95. The van der Waals surface area contributed by atoms with Crippen molar-refractivity contribution in [3.8, 4) is 5.88 Å². The van der Waals surface area contributed by atoms with E-state index >= 15 is 0 Å². The summed E-state index contributed by atoms with van der Waals surface area (Å²) >= 11 is 0. The van der Waals surface area contributed by atoms with Crippen LogP contribution in [0.2, 0.25) is 0 Å². The third kappa shape index (κ3) is 6.31. The van der Waals surface area contributed by atoms with Gasteiger partial charge in [0.15, 0.2) is 11.8 Å². The molecule has 184 valence electrons. The summed E-state index contributed by atoms with van der Waals surface area (Å²) in [7, 11) is -1.57. The predicted octanol–water partition coefficient (Wildman–Crippen LogP) is 1.96. The van der Waals surface area contributed by atoms with Crippen molar-refractivity contribution in [3.05, 3.63) is 18.0 Å². The summed E-state index contributed by atoms with van der Waals surface area (Å²) in [6, 6.07) is 2.82. The highest BCUT2D eigenvalue weighted by Crippen LogP contribution is 2.24. The predicted molar refractivity (Wildman–Crippen MR) is 110 cm³/mol. The minimum atomic E-state index is -3.10. The fraction of sp³-hybridized carbons (Fsp3) is 0.632. The van der Waals surface area contributed by atoms with E-state index < -0.39 is 53.5 Å². The Labute approximate surface area is 187 Å². The van der Waals surface area contributed by atoms with Crippen molar-refractivity contribution in [2.75, 3.05) is 24.7 Å². The summed E-state index contributed by atoms with van der Waals surface area (Å²) in [5.41, 5.74) is -0.132. The maximum absolute atomic E-state index is 13.0. The highest BCUT2D eigenvalue weighted by molar-refractivity contribution is 7.91. The molecule has 2 aromatic rings. The average molecular weight is 496 g/mol. The molecule has 0 spiro atoms. The van der Waals surface area contributed by atoms with Crippen molar-refractivity contribution in [1.29, 1.82) is 0 Å². The number of hydrogen-bond donors (Lipinski definition) is 1. The van der Waals surface area contributed by atoms with Crippen LogP contribution in [0.1, 0.15) is 30.4 Å². The number of imidazole rings is 1. The van der Waals surface area contributed by atoms with Gasteiger partial charge in [-0.15, -0.1) is 0 Å². The summed E-state index contributed by atoms with van der Waals surface area (Å²) < 4.78 is 84.8. The van der Waals surface area contributed by atoms with Crippen LogP contribution in [0.4, 0.5) is 17.6 Å². The van der Waals surface area contributed by atoms with Gasteiger partial charge in [-0.25, -0.2) is 31.0 Å². The zero-order valence-corrected chi connectivity index (χ0v) is 18.7. The minimum absolute atomic E-state index is 0.0186. The van der Waals surface area contributed by atoms with E-state index in [0.717, 1.165) is 0 Å². The Bertz CT molecular complexity index is 1100. The largest absolute Gasteiger partial charge is 0.475 e. The topological polar surface area (TPSA) is 112 Å². The highest BCUT2D eigenvalue weighted by atomic mass is 32.2. The molecule has 3 rings (SSSR count). The molecule has 0 unspecified atom stereocenters.